The lowest BCUT2D eigenvalue weighted by molar-refractivity contribution is 0.573. The third-order valence-corrected chi connectivity index (χ3v) is 3.10. The first-order valence-corrected chi connectivity index (χ1v) is 5.89. The number of hydrogen-bond acceptors (Lipinski definition) is 2. The fraction of sp³-hybridized carbons (Fsp3) is 1.00. The van der Waals surface area contributed by atoms with Crippen molar-refractivity contribution in [2.45, 2.75) is 57.6 Å². The molecule has 0 aromatic carbocycles. The van der Waals surface area contributed by atoms with Crippen LogP contribution in [0.1, 0.15) is 41.0 Å². The molecule has 0 aliphatic rings. The Morgan fingerprint density at radius 2 is 1.75 bits per heavy atom. The van der Waals surface area contributed by atoms with Crippen LogP contribution in [0.3, 0.4) is 0 Å². The van der Waals surface area contributed by atoms with Gasteiger partial charge >= 0.3 is 0 Å². The van der Waals surface area contributed by atoms with Crippen LogP contribution in [0.5, 0.6) is 0 Å². The minimum Gasteiger partial charge on any atom is -0.313 e. The van der Waals surface area contributed by atoms with Crippen LogP contribution in [-0.4, -0.2) is 23.1 Å². The molecule has 1 nitrogen and oxygen atoms in total. The lowest BCUT2D eigenvalue weighted by Crippen LogP contribution is -2.30. The van der Waals surface area contributed by atoms with E-state index >= 15 is 0 Å². The maximum Gasteiger partial charge on any atom is 0.0172 e. The van der Waals surface area contributed by atoms with Crippen LogP contribution in [0.25, 0.3) is 0 Å². The molecule has 0 rings (SSSR count). The standard InChI is InChI=1S/C10H23NS/c1-6-10(12-9(4)5)7-11-8(2)3/h8-11H,6-7H2,1-5H3. The number of rotatable bonds is 6. The van der Waals surface area contributed by atoms with Crippen molar-refractivity contribution in [3.8, 4) is 0 Å². The van der Waals surface area contributed by atoms with Gasteiger partial charge in [-0.05, 0) is 11.7 Å². The highest BCUT2D eigenvalue weighted by Gasteiger charge is 2.08. The van der Waals surface area contributed by atoms with Gasteiger partial charge in [-0.25, -0.2) is 0 Å². The van der Waals surface area contributed by atoms with E-state index < -0.39 is 0 Å². The van der Waals surface area contributed by atoms with Crippen LogP contribution in [0.4, 0.5) is 0 Å². The van der Waals surface area contributed by atoms with Gasteiger partial charge in [0.05, 0.1) is 0 Å². The van der Waals surface area contributed by atoms with Crippen LogP contribution in [0.2, 0.25) is 0 Å². The van der Waals surface area contributed by atoms with Crippen LogP contribution >= 0.6 is 11.8 Å². The normalized spacial score (nSPS) is 14.2. The van der Waals surface area contributed by atoms with Gasteiger partial charge in [-0.3, -0.25) is 0 Å². The maximum absolute atomic E-state index is 3.48. The van der Waals surface area contributed by atoms with Crippen LogP contribution in [0, 0.1) is 0 Å². The summed E-state index contributed by atoms with van der Waals surface area (Å²) in [6.07, 6.45) is 1.27. The summed E-state index contributed by atoms with van der Waals surface area (Å²) >= 11 is 2.08. The SMILES string of the molecule is CCC(CNC(C)C)SC(C)C. The number of nitrogens with one attached hydrogen (secondary N) is 1. The highest BCUT2D eigenvalue weighted by atomic mass is 32.2. The summed E-state index contributed by atoms with van der Waals surface area (Å²) < 4.78 is 0. The van der Waals surface area contributed by atoms with Gasteiger partial charge in [0.15, 0.2) is 0 Å². The molecule has 0 amide bonds. The molecule has 0 aliphatic heterocycles. The van der Waals surface area contributed by atoms with E-state index in [4.69, 9.17) is 0 Å². The van der Waals surface area contributed by atoms with E-state index in [9.17, 15) is 0 Å². The molecule has 0 aliphatic carbocycles. The second-order valence-corrected chi connectivity index (χ2v) is 5.66. The zero-order valence-corrected chi connectivity index (χ0v) is 9.87. The third-order valence-electron chi connectivity index (χ3n) is 1.67. The van der Waals surface area contributed by atoms with Gasteiger partial charge in [-0.2, -0.15) is 11.8 Å². The summed E-state index contributed by atoms with van der Waals surface area (Å²) in [4.78, 5) is 0. The summed E-state index contributed by atoms with van der Waals surface area (Å²) in [6, 6.07) is 0.617. The van der Waals surface area contributed by atoms with Gasteiger partial charge < -0.3 is 5.32 Å². The molecule has 74 valence electrons. The zero-order chi connectivity index (χ0) is 9.56. The van der Waals surface area contributed by atoms with Crippen molar-refractivity contribution in [1.29, 1.82) is 0 Å². The monoisotopic (exact) mass is 189 g/mol. The Labute approximate surface area is 81.7 Å². The van der Waals surface area contributed by atoms with Crippen molar-refractivity contribution in [2.24, 2.45) is 0 Å². The maximum atomic E-state index is 3.48. The number of thioether (sulfide) groups is 1. The predicted molar refractivity (Wildman–Crippen MR) is 59.9 cm³/mol. The van der Waals surface area contributed by atoms with E-state index in [0.29, 0.717) is 6.04 Å². The summed E-state index contributed by atoms with van der Waals surface area (Å²) in [7, 11) is 0. The molecule has 0 spiro atoms. The van der Waals surface area contributed by atoms with Gasteiger partial charge in [0.2, 0.25) is 0 Å². The molecule has 1 N–H and O–H groups in total. The van der Waals surface area contributed by atoms with Crippen molar-refractivity contribution in [2.75, 3.05) is 6.54 Å². The Hall–Kier alpha value is 0.310. The summed E-state index contributed by atoms with van der Waals surface area (Å²) in [5.41, 5.74) is 0. The van der Waals surface area contributed by atoms with Gasteiger partial charge in [0.1, 0.15) is 0 Å². The van der Waals surface area contributed by atoms with Crippen molar-refractivity contribution >= 4 is 11.8 Å². The van der Waals surface area contributed by atoms with Gasteiger partial charge in [-0.1, -0.05) is 34.6 Å². The molecule has 0 fully saturated rings. The van der Waals surface area contributed by atoms with Crippen molar-refractivity contribution in [3.63, 3.8) is 0 Å². The molecular weight excluding hydrogens is 166 g/mol. The fourth-order valence-electron chi connectivity index (χ4n) is 1.04. The quantitative estimate of drug-likeness (QED) is 0.689. The van der Waals surface area contributed by atoms with E-state index in [1.54, 1.807) is 0 Å². The van der Waals surface area contributed by atoms with Crippen molar-refractivity contribution in [3.05, 3.63) is 0 Å². The highest BCUT2D eigenvalue weighted by molar-refractivity contribution is 8.00. The molecular formula is C10H23NS. The molecule has 0 bridgehead atoms. The van der Waals surface area contributed by atoms with Gasteiger partial charge in [-0.15, -0.1) is 0 Å². The largest absolute Gasteiger partial charge is 0.313 e. The van der Waals surface area contributed by atoms with E-state index in [1.807, 2.05) is 0 Å². The molecule has 0 saturated carbocycles. The molecule has 1 unspecified atom stereocenters. The Balaban J connectivity index is 3.53. The number of hydrogen-bond donors (Lipinski definition) is 1. The molecule has 2 heteroatoms. The lowest BCUT2D eigenvalue weighted by atomic mass is 10.3. The Bertz CT molecular complexity index is 102. The Kier molecular flexibility index (Phi) is 6.96. The van der Waals surface area contributed by atoms with Crippen molar-refractivity contribution < 1.29 is 0 Å². The minimum atomic E-state index is 0.617. The first kappa shape index (κ1) is 12.3. The highest BCUT2D eigenvalue weighted by Crippen LogP contribution is 2.19. The smallest absolute Gasteiger partial charge is 0.0172 e. The van der Waals surface area contributed by atoms with E-state index in [-0.39, 0.29) is 0 Å². The van der Waals surface area contributed by atoms with Crippen LogP contribution < -0.4 is 5.32 Å². The van der Waals surface area contributed by atoms with E-state index in [1.165, 1.54) is 6.42 Å². The molecule has 0 saturated heterocycles. The van der Waals surface area contributed by atoms with E-state index in [0.717, 1.165) is 17.0 Å². The zero-order valence-electron chi connectivity index (χ0n) is 9.05. The average Bonchev–Trinajstić information content (AvgIpc) is 1.97. The first-order valence-electron chi connectivity index (χ1n) is 4.95. The fourth-order valence-corrected chi connectivity index (χ4v) is 2.20. The molecule has 0 radical (unpaired) electrons. The van der Waals surface area contributed by atoms with Gasteiger partial charge in [0, 0.05) is 17.8 Å². The topological polar surface area (TPSA) is 12.0 Å². The average molecular weight is 189 g/mol. The molecule has 0 aromatic rings. The Morgan fingerprint density at radius 3 is 2.08 bits per heavy atom. The summed E-state index contributed by atoms with van der Waals surface area (Å²) in [6.45, 7) is 12.4. The lowest BCUT2D eigenvalue weighted by Gasteiger charge is -2.19. The first-order chi connectivity index (χ1) is 5.56. The molecule has 0 aromatic heterocycles. The predicted octanol–water partition coefficient (Wildman–Crippen LogP) is 2.90. The molecule has 1 atom stereocenters. The summed E-state index contributed by atoms with van der Waals surface area (Å²) in [5, 5.41) is 5.02. The second-order valence-electron chi connectivity index (χ2n) is 3.78. The van der Waals surface area contributed by atoms with E-state index in [2.05, 4.69) is 51.7 Å². The summed E-state index contributed by atoms with van der Waals surface area (Å²) in [5.74, 6) is 0. The van der Waals surface area contributed by atoms with Crippen LogP contribution in [0.15, 0.2) is 0 Å². The second kappa shape index (κ2) is 6.79. The van der Waals surface area contributed by atoms with Crippen LogP contribution in [-0.2, 0) is 0 Å². The molecule has 12 heavy (non-hydrogen) atoms. The van der Waals surface area contributed by atoms with Gasteiger partial charge in [0.25, 0.3) is 0 Å². The third kappa shape index (κ3) is 6.99. The molecule has 0 heterocycles. The van der Waals surface area contributed by atoms with Crippen molar-refractivity contribution in [1.82, 2.24) is 5.32 Å². The minimum absolute atomic E-state index is 0.617. The Morgan fingerprint density at radius 1 is 1.17 bits per heavy atom.